The van der Waals surface area contributed by atoms with Gasteiger partial charge in [0.2, 0.25) is 0 Å². The predicted molar refractivity (Wildman–Crippen MR) is 114 cm³/mol. The Labute approximate surface area is 168 Å². The summed E-state index contributed by atoms with van der Waals surface area (Å²) in [6.07, 6.45) is 0. The molecule has 3 aromatic carbocycles. The van der Waals surface area contributed by atoms with Crippen LogP contribution in [0.3, 0.4) is 0 Å². The molecule has 5 N–H and O–H groups in total. The van der Waals surface area contributed by atoms with Gasteiger partial charge in [0.1, 0.15) is 0 Å². The van der Waals surface area contributed by atoms with E-state index in [9.17, 15) is 14.7 Å². The van der Waals surface area contributed by atoms with Crippen molar-refractivity contribution in [3.63, 3.8) is 0 Å². The number of aryl methyl sites for hydroxylation is 1. The van der Waals surface area contributed by atoms with E-state index in [1.165, 1.54) is 0 Å². The number of fused-ring (bicyclic) bond motifs is 2. The summed E-state index contributed by atoms with van der Waals surface area (Å²) in [5.74, 6) is -0.529. The highest BCUT2D eigenvalue weighted by Gasteiger charge is 2.34. The molecule has 0 fully saturated rings. The first-order valence-electron chi connectivity index (χ1n) is 9.34. The van der Waals surface area contributed by atoms with E-state index in [1.807, 2.05) is 31.2 Å². The van der Waals surface area contributed by atoms with Gasteiger partial charge in [-0.05, 0) is 30.7 Å². The zero-order chi connectivity index (χ0) is 20.5. The van der Waals surface area contributed by atoms with E-state index in [0.717, 1.165) is 11.3 Å². The summed E-state index contributed by atoms with van der Waals surface area (Å²) in [4.78, 5) is 26.5. The number of nitrogens with two attached hydrogens (primary N) is 1. The van der Waals surface area contributed by atoms with Crippen LogP contribution in [0.25, 0.3) is 0 Å². The van der Waals surface area contributed by atoms with Crippen LogP contribution >= 0.6 is 0 Å². The zero-order valence-electron chi connectivity index (χ0n) is 16.0. The second-order valence-electron chi connectivity index (χ2n) is 6.98. The van der Waals surface area contributed by atoms with Crippen molar-refractivity contribution in [2.45, 2.75) is 6.92 Å². The van der Waals surface area contributed by atoms with Gasteiger partial charge in [-0.2, -0.15) is 0 Å². The third-order valence-corrected chi connectivity index (χ3v) is 4.96. The fourth-order valence-electron chi connectivity index (χ4n) is 3.63. The smallest absolute Gasteiger partial charge is 0.196 e. The molecule has 0 aliphatic heterocycles. The van der Waals surface area contributed by atoms with Crippen LogP contribution in [0.5, 0.6) is 0 Å². The summed E-state index contributed by atoms with van der Waals surface area (Å²) in [6, 6.07) is 16.2. The average Bonchev–Trinajstić information content (AvgIpc) is 2.72. The highest BCUT2D eigenvalue weighted by atomic mass is 16.3. The number of anilines is 4. The van der Waals surface area contributed by atoms with Gasteiger partial charge in [-0.3, -0.25) is 9.59 Å². The van der Waals surface area contributed by atoms with Crippen molar-refractivity contribution in [2.75, 3.05) is 29.5 Å². The Hall–Kier alpha value is -3.64. The van der Waals surface area contributed by atoms with Crippen LogP contribution in [0, 0.1) is 6.92 Å². The molecule has 0 spiro atoms. The van der Waals surface area contributed by atoms with Gasteiger partial charge in [-0.1, -0.05) is 36.4 Å². The maximum absolute atomic E-state index is 13.3. The number of ketones is 2. The molecule has 6 nitrogen and oxygen atoms in total. The fourth-order valence-corrected chi connectivity index (χ4v) is 3.63. The van der Waals surface area contributed by atoms with Gasteiger partial charge < -0.3 is 21.5 Å². The number of nitrogens with one attached hydrogen (secondary N) is 2. The standard InChI is InChI=1S/C23H21N3O3/c1-13-5-4-6-14(11-13)26-17-12-18(25-9-10-27)21(24)20-19(17)22(28)15-7-2-3-8-16(15)23(20)29/h2-8,11-12,25-27H,9-10,24H2,1H3. The number of aliphatic hydroxyl groups is 1. The Morgan fingerprint density at radius 1 is 0.897 bits per heavy atom. The Morgan fingerprint density at radius 2 is 1.59 bits per heavy atom. The van der Waals surface area contributed by atoms with Crippen molar-refractivity contribution < 1.29 is 14.7 Å². The van der Waals surface area contributed by atoms with Gasteiger partial charge >= 0.3 is 0 Å². The van der Waals surface area contributed by atoms with Crippen LogP contribution in [0.1, 0.15) is 37.4 Å². The Kier molecular flexibility index (Phi) is 4.78. The van der Waals surface area contributed by atoms with Crippen LogP contribution in [-0.4, -0.2) is 29.8 Å². The molecule has 146 valence electrons. The number of hydrogen-bond donors (Lipinski definition) is 4. The zero-order valence-corrected chi connectivity index (χ0v) is 16.0. The molecule has 1 aliphatic carbocycles. The average molecular weight is 387 g/mol. The lowest BCUT2D eigenvalue weighted by Crippen LogP contribution is -2.24. The summed E-state index contributed by atoms with van der Waals surface area (Å²) < 4.78 is 0. The van der Waals surface area contributed by atoms with E-state index < -0.39 is 0 Å². The molecule has 0 heterocycles. The van der Waals surface area contributed by atoms with E-state index in [0.29, 0.717) is 22.5 Å². The minimum atomic E-state index is -0.285. The second-order valence-corrected chi connectivity index (χ2v) is 6.98. The van der Waals surface area contributed by atoms with Gasteiger partial charge in [-0.15, -0.1) is 0 Å². The highest BCUT2D eigenvalue weighted by Crippen LogP contribution is 2.40. The number of nitrogen functional groups attached to an aromatic ring is 1. The van der Waals surface area contributed by atoms with E-state index in [2.05, 4.69) is 10.6 Å². The third kappa shape index (κ3) is 3.23. The Balaban J connectivity index is 1.93. The highest BCUT2D eigenvalue weighted by molar-refractivity contribution is 6.32. The van der Waals surface area contributed by atoms with E-state index in [4.69, 9.17) is 5.73 Å². The molecule has 6 heteroatoms. The third-order valence-electron chi connectivity index (χ3n) is 4.96. The fraction of sp³-hybridized carbons (Fsp3) is 0.130. The first-order valence-corrected chi connectivity index (χ1v) is 9.34. The van der Waals surface area contributed by atoms with Crippen LogP contribution < -0.4 is 16.4 Å². The van der Waals surface area contributed by atoms with Gasteiger partial charge in [0.25, 0.3) is 0 Å². The molecular weight excluding hydrogens is 366 g/mol. The summed E-state index contributed by atoms with van der Waals surface area (Å²) in [5, 5.41) is 15.5. The lowest BCUT2D eigenvalue weighted by atomic mass is 9.82. The molecule has 4 rings (SSSR count). The molecule has 3 aromatic rings. The van der Waals surface area contributed by atoms with Crippen molar-refractivity contribution in [3.8, 4) is 0 Å². The topological polar surface area (TPSA) is 104 Å². The number of hydrogen-bond acceptors (Lipinski definition) is 6. The maximum atomic E-state index is 13.3. The van der Waals surface area contributed by atoms with Crippen LogP contribution in [0.15, 0.2) is 54.6 Å². The van der Waals surface area contributed by atoms with E-state index >= 15 is 0 Å². The SMILES string of the molecule is Cc1cccc(Nc2cc(NCCO)c(N)c3c2C(=O)c2ccccc2C3=O)c1. The van der Waals surface area contributed by atoms with E-state index in [1.54, 1.807) is 30.3 Å². The molecule has 0 atom stereocenters. The van der Waals surface area contributed by atoms with Crippen molar-refractivity contribution in [1.82, 2.24) is 0 Å². The lowest BCUT2D eigenvalue weighted by molar-refractivity contribution is 0.0980. The first kappa shape index (κ1) is 18.7. The predicted octanol–water partition coefficient (Wildman–Crippen LogP) is 3.50. The van der Waals surface area contributed by atoms with E-state index in [-0.39, 0.29) is 41.5 Å². The van der Waals surface area contributed by atoms with Gasteiger partial charge in [0.15, 0.2) is 11.6 Å². The summed E-state index contributed by atoms with van der Waals surface area (Å²) in [6.45, 7) is 2.15. The number of aliphatic hydroxyl groups excluding tert-OH is 1. The first-order chi connectivity index (χ1) is 14.0. The van der Waals surface area contributed by atoms with Gasteiger partial charge in [0.05, 0.1) is 34.8 Å². The number of carbonyl (C=O) groups is 2. The number of rotatable bonds is 5. The quantitative estimate of drug-likeness (QED) is 0.391. The molecule has 0 amide bonds. The largest absolute Gasteiger partial charge is 0.396 e. The molecule has 0 radical (unpaired) electrons. The monoisotopic (exact) mass is 387 g/mol. The van der Waals surface area contributed by atoms with Gasteiger partial charge in [-0.25, -0.2) is 0 Å². The van der Waals surface area contributed by atoms with Crippen LogP contribution in [0.2, 0.25) is 0 Å². The molecule has 0 aromatic heterocycles. The molecule has 1 aliphatic rings. The molecule has 0 bridgehead atoms. The lowest BCUT2D eigenvalue weighted by Gasteiger charge is -2.24. The minimum absolute atomic E-state index is 0.0904. The summed E-state index contributed by atoms with van der Waals surface area (Å²) in [5.41, 5.74) is 10.5. The number of benzene rings is 3. The van der Waals surface area contributed by atoms with Crippen molar-refractivity contribution in [2.24, 2.45) is 0 Å². The number of carbonyl (C=O) groups excluding carboxylic acids is 2. The maximum Gasteiger partial charge on any atom is 0.196 e. The van der Waals surface area contributed by atoms with Crippen LogP contribution in [0.4, 0.5) is 22.7 Å². The Morgan fingerprint density at radius 3 is 2.24 bits per heavy atom. The Bertz CT molecular complexity index is 1140. The van der Waals surface area contributed by atoms with Gasteiger partial charge in [0, 0.05) is 23.4 Å². The second kappa shape index (κ2) is 7.41. The minimum Gasteiger partial charge on any atom is -0.396 e. The molecular formula is C23H21N3O3. The molecule has 29 heavy (non-hydrogen) atoms. The summed E-state index contributed by atoms with van der Waals surface area (Å²) >= 11 is 0. The van der Waals surface area contributed by atoms with Crippen LogP contribution in [-0.2, 0) is 0 Å². The van der Waals surface area contributed by atoms with Crippen molar-refractivity contribution in [1.29, 1.82) is 0 Å². The van der Waals surface area contributed by atoms with Crippen molar-refractivity contribution in [3.05, 3.63) is 82.4 Å². The summed E-state index contributed by atoms with van der Waals surface area (Å²) in [7, 11) is 0. The molecule has 0 saturated heterocycles. The van der Waals surface area contributed by atoms with Crippen molar-refractivity contribution >= 4 is 34.3 Å². The molecule has 0 unspecified atom stereocenters. The molecule has 0 saturated carbocycles. The normalized spacial score (nSPS) is 12.3.